The van der Waals surface area contributed by atoms with Crippen molar-refractivity contribution >= 4 is 10.9 Å². The minimum atomic E-state index is 0.792. The van der Waals surface area contributed by atoms with Crippen LogP contribution in [-0.2, 0) is 6.42 Å². The van der Waals surface area contributed by atoms with Gasteiger partial charge < -0.3 is 14.1 Å². The highest BCUT2D eigenvalue weighted by Gasteiger charge is 2.07. The molecule has 3 nitrogen and oxygen atoms in total. The molecule has 0 saturated carbocycles. The van der Waals surface area contributed by atoms with Crippen LogP contribution in [0.3, 0.4) is 0 Å². The van der Waals surface area contributed by atoms with Crippen LogP contribution in [0.15, 0.2) is 47.2 Å². The molecular formula is C14H13NO2. The van der Waals surface area contributed by atoms with Crippen LogP contribution < -0.4 is 4.74 Å². The quantitative estimate of drug-likeness (QED) is 0.745. The van der Waals surface area contributed by atoms with Crippen molar-refractivity contribution in [3.63, 3.8) is 0 Å². The lowest BCUT2D eigenvalue weighted by atomic mass is 10.1. The molecule has 1 aromatic carbocycles. The van der Waals surface area contributed by atoms with Gasteiger partial charge in [-0.05, 0) is 35.9 Å². The van der Waals surface area contributed by atoms with Gasteiger partial charge in [0.1, 0.15) is 11.5 Å². The number of aromatic amines is 1. The molecule has 0 aliphatic carbocycles. The number of furan rings is 1. The minimum Gasteiger partial charge on any atom is -0.497 e. The molecule has 0 amide bonds. The average Bonchev–Trinajstić information content (AvgIpc) is 2.99. The van der Waals surface area contributed by atoms with E-state index in [4.69, 9.17) is 9.15 Å². The fourth-order valence-electron chi connectivity index (χ4n) is 2.03. The van der Waals surface area contributed by atoms with Crippen molar-refractivity contribution < 1.29 is 9.15 Å². The second-order valence-corrected chi connectivity index (χ2v) is 3.98. The first-order valence-electron chi connectivity index (χ1n) is 5.53. The topological polar surface area (TPSA) is 38.2 Å². The van der Waals surface area contributed by atoms with E-state index in [0.29, 0.717) is 0 Å². The van der Waals surface area contributed by atoms with Crippen molar-refractivity contribution in [1.29, 1.82) is 0 Å². The monoisotopic (exact) mass is 227 g/mol. The third-order valence-corrected chi connectivity index (χ3v) is 2.92. The standard InChI is InChI=1S/C14H13NO2/c1-16-11-4-5-14-13(8-11)10(9-15-14)7-12-3-2-6-17-12/h2-6,8-9,15H,7H2,1H3. The van der Waals surface area contributed by atoms with Crippen LogP contribution in [0.25, 0.3) is 10.9 Å². The first-order chi connectivity index (χ1) is 8.36. The SMILES string of the molecule is COc1ccc2[nH]cc(Cc3ccco3)c2c1. The molecule has 3 aromatic rings. The Bertz CT molecular complexity index is 623. The highest BCUT2D eigenvalue weighted by atomic mass is 16.5. The summed E-state index contributed by atoms with van der Waals surface area (Å²) < 4.78 is 10.6. The Kier molecular flexibility index (Phi) is 2.37. The van der Waals surface area contributed by atoms with E-state index in [1.165, 1.54) is 10.9 Å². The first kappa shape index (κ1) is 10.0. The Morgan fingerprint density at radius 1 is 1.29 bits per heavy atom. The lowest BCUT2D eigenvalue weighted by molar-refractivity contribution is 0.415. The van der Waals surface area contributed by atoms with Crippen molar-refractivity contribution in [2.75, 3.05) is 7.11 Å². The number of fused-ring (bicyclic) bond motifs is 1. The molecule has 2 aromatic heterocycles. The molecule has 0 saturated heterocycles. The van der Waals surface area contributed by atoms with Gasteiger partial charge in [0.05, 0.1) is 13.4 Å². The number of hydrogen-bond donors (Lipinski definition) is 1. The summed E-state index contributed by atoms with van der Waals surface area (Å²) >= 11 is 0. The maximum Gasteiger partial charge on any atom is 0.119 e. The van der Waals surface area contributed by atoms with Crippen molar-refractivity contribution in [3.8, 4) is 5.75 Å². The number of methoxy groups -OCH3 is 1. The van der Waals surface area contributed by atoms with Gasteiger partial charge in [0.25, 0.3) is 0 Å². The Morgan fingerprint density at radius 3 is 3.00 bits per heavy atom. The van der Waals surface area contributed by atoms with Gasteiger partial charge in [0, 0.05) is 23.5 Å². The fourth-order valence-corrected chi connectivity index (χ4v) is 2.03. The number of aromatic nitrogens is 1. The van der Waals surface area contributed by atoms with Crippen LogP contribution in [0, 0.1) is 0 Å². The summed E-state index contributed by atoms with van der Waals surface area (Å²) in [6.45, 7) is 0. The highest BCUT2D eigenvalue weighted by Crippen LogP contribution is 2.25. The maximum atomic E-state index is 5.37. The summed E-state index contributed by atoms with van der Waals surface area (Å²) in [5, 5.41) is 1.18. The molecule has 0 radical (unpaired) electrons. The Labute approximate surface area is 99.0 Å². The van der Waals surface area contributed by atoms with Gasteiger partial charge in [-0.3, -0.25) is 0 Å². The third kappa shape index (κ3) is 1.80. The number of H-pyrrole nitrogens is 1. The molecule has 0 spiro atoms. The van der Waals surface area contributed by atoms with Gasteiger partial charge in [-0.1, -0.05) is 0 Å². The van der Waals surface area contributed by atoms with Crippen LogP contribution in [0.4, 0.5) is 0 Å². The largest absolute Gasteiger partial charge is 0.497 e. The number of benzene rings is 1. The fraction of sp³-hybridized carbons (Fsp3) is 0.143. The predicted octanol–water partition coefficient (Wildman–Crippen LogP) is 3.36. The van der Waals surface area contributed by atoms with Gasteiger partial charge >= 0.3 is 0 Å². The smallest absolute Gasteiger partial charge is 0.119 e. The molecule has 0 aliphatic heterocycles. The summed E-state index contributed by atoms with van der Waals surface area (Å²) in [6, 6.07) is 9.92. The molecule has 86 valence electrons. The summed E-state index contributed by atoms with van der Waals surface area (Å²) in [6.07, 6.45) is 4.51. The first-order valence-corrected chi connectivity index (χ1v) is 5.53. The second kappa shape index (κ2) is 4.01. The summed E-state index contributed by atoms with van der Waals surface area (Å²) in [7, 11) is 1.68. The molecule has 17 heavy (non-hydrogen) atoms. The highest BCUT2D eigenvalue weighted by molar-refractivity contribution is 5.84. The number of ether oxygens (including phenoxy) is 1. The predicted molar refractivity (Wildman–Crippen MR) is 66.4 cm³/mol. The van der Waals surface area contributed by atoms with Gasteiger partial charge in [-0.15, -0.1) is 0 Å². The lowest BCUT2D eigenvalue weighted by Gasteiger charge is -2.00. The van der Waals surface area contributed by atoms with Gasteiger partial charge in [-0.25, -0.2) is 0 Å². The molecule has 1 N–H and O–H groups in total. The Balaban J connectivity index is 2.04. The van der Waals surface area contributed by atoms with E-state index in [-0.39, 0.29) is 0 Å². The van der Waals surface area contributed by atoms with Crippen LogP contribution in [0.1, 0.15) is 11.3 Å². The Morgan fingerprint density at radius 2 is 2.24 bits per heavy atom. The minimum absolute atomic E-state index is 0.792. The lowest BCUT2D eigenvalue weighted by Crippen LogP contribution is -1.85. The number of rotatable bonds is 3. The molecule has 0 bridgehead atoms. The van der Waals surface area contributed by atoms with E-state index < -0.39 is 0 Å². The summed E-state index contributed by atoms with van der Waals surface area (Å²) in [5.41, 5.74) is 2.33. The number of nitrogens with one attached hydrogen (secondary N) is 1. The van der Waals surface area contributed by atoms with Crippen molar-refractivity contribution in [2.45, 2.75) is 6.42 Å². The molecule has 0 atom stereocenters. The van der Waals surface area contributed by atoms with E-state index >= 15 is 0 Å². The van der Waals surface area contributed by atoms with Crippen LogP contribution >= 0.6 is 0 Å². The number of hydrogen-bond acceptors (Lipinski definition) is 2. The molecule has 2 heterocycles. The van der Waals surface area contributed by atoms with Gasteiger partial charge in [0.15, 0.2) is 0 Å². The van der Waals surface area contributed by atoms with Crippen LogP contribution in [0.2, 0.25) is 0 Å². The van der Waals surface area contributed by atoms with E-state index in [2.05, 4.69) is 4.98 Å². The normalized spacial score (nSPS) is 10.9. The molecule has 3 rings (SSSR count). The third-order valence-electron chi connectivity index (χ3n) is 2.92. The zero-order chi connectivity index (χ0) is 11.7. The van der Waals surface area contributed by atoms with E-state index in [1.807, 2.05) is 36.5 Å². The van der Waals surface area contributed by atoms with Crippen molar-refractivity contribution in [2.24, 2.45) is 0 Å². The molecule has 0 aliphatic rings. The average molecular weight is 227 g/mol. The molecular weight excluding hydrogens is 214 g/mol. The zero-order valence-corrected chi connectivity index (χ0v) is 9.57. The van der Waals surface area contributed by atoms with Crippen molar-refractivity contribution in [1.82, 2.24) is 4.98 Å². The van der Waals surface area contributed by atoms with Gasteiger partial charge in [-0.2, -0.15) is 0 Å². The van der Waals surface area contributed by atoms with Crippen LogP contribution in [-0.4, -0.2) is 12.1 Å². The van der Waals surface area contributed by atoms with E-state index in [0.717, 1.165) is 23.4 Å². The van der Waals surface area contributed by atoms with Crippen LogP contribution in [0.5, 0.6) is 5.75 Å². The van der Waals surface area contributed by atoms with Gasteiger partial charge in [0.2, 0.25) is 0 Å². The molecule has 0 unspecified atom stereocenters. The summed E-state index contributed by atoms with van der Waals surface area (Å²) in [5.74, 6) is 1.84. The molecule has 0 fully saturated rings. The summed E-state index contributed by atoms with van der Waals surface area (Å²) in [4.78, 5) is 3.25. The second-order valence-electron chi connectivity index (χ2n) is 3.98. The Hall–Kier alpha value is -2.16. The molecule has 3 heteroatoms. The van der Waals surface area contributed by atoms with E-state index in [1.54, 1.807) is 13.4 Å². The maximum absolute atomic E-state index is 5.37. The zero-order valence-electron chi connectivity index (χ0n) is 9.57. The van der Waals surface area contributed by atoms with Crippen molar-refractivity contribution in [3.05, 3.63) is 54.1 Å². The van der Waals surface area contributed by atoms with E-state index in [9.17, 15) is 0 Å².